The Hall–Kier alpha value is -1.20. The third-order valence-corrected chi connectivity index (χ3v) is 3.22. The quantitative estimate of drug-likeness (QED) is 0.790. The molecule has 2 heterocycles. The van der Waals surface area contributed by atoms with Crippen LogP contribution in [0, 0.1) is 0 Å². The molecule has 4 nitrogen and oxygen atoms in total. The van der Waals surface area contributed by atoms with Crippen LogP contribution in [0.15, 0.2) is 18.3 Å². The number of aromatic nitrogens is 1. The lowest BCUT2D eigenvalue weighted by molar-refractivity contribution is 0.261. The molecule has 17 heavy (non-hydrogen) atoms. The van der Waals surface area contributed by atoms with Crippen LogP contribution >= 0.6 is 12.2 Å². The van der Waals surface area contributed by atoms with Crippen LogP contribution in [-0.2, 0) is 0 Å². The maximum absolute atomic E-state index is 5.51. The van der Waals surface area contributed by atoms with Gasteiger partial charge in [-0.05, 0) is 38.6 Å². The van der Waals surface area contributed by atoms with Gasteiger partial charge in [0.15, 0.2) is 0 Å². The molecule has 1 atom stereocenters. The van der Waals surface area contributed by atoms with Gasteiger partial charge in [-0.25, -0.2) is 0 Å². The highest BCUT2D eigenvalue weighted by atomic mass is 32.1. The summed E-state index contributed by atoms with van der Waals surface area (Å²) in [5, 5.41) is 3.49. The monoisotopic (exact) mass is 250 g/mol. The number of likely N-dealkylation sites (N-methyl/N-ethyl adjacent to an activating group) is 1. The van der Waals surface area contributed by atoms with Crippen LogP contribution in [0.3, 0.4) is 0 Å². The Bertz CT molecular complexity index is 390. The van der Waals surface area contributed by atoms with Crippen molar-refractivity contribution in [2.45, 2.75) is 18.9 Å². The van der Waals surface area contributed by atoms with Crippen LogP contribution in [0.5, 0.6) is 0 Å². The number of hydrogen-bond donors (Lipinski definition) is 2. The maximum atomic E-state index is 5.51. The van der Waals surface area contributed by atoms with E-state index in [2.05, 4.69) is 22.2 Å². The zero-order valence-corrected chi connectivity index (χ0v) is 10.8. The van der Waals surface area contributed by atoms with Gasteiger partial charge in [-0.1, -0.05) is 12.2 Å². The summed E-state index contributed by atoms with van der Waals surface area (Å²) in [6.07, 6.45) is 4.25. The van der Waals surface area contributed by atoms with Gasteiger partial charge in [-0.2, -0.15) is 0 Å². The molecule has 0 bridgehead atoms. The Labute approximate surface area is 107 Å². The Balaban J connectivity index is 1.96. The molecule has 1 fully saturated rings. The predicted molar refractivity (Wildman–Crippen MR) is 74.3 cm³/mol. The van der Waals surface area contributed by atoms with Crippen molar-refractivity contribution in [1.29, 1.82) is 0 Å². The van der Waals surface area contributed by atoms with Gasteiger partial charge >= 0.3 is 0 Å². The summed E-state index contributed by atoms with van der Waals surface area (Å²) in [6.45, 7) is 2.27. The van der Waals surface area contributed by atoms with Gasteiger partial charge in [0, 0.05) is 12.6 Å². The normalized spacial score (nSPS) is 21.1. The molecule has 0 amide bonds. The Morgan fingerprint density at radius 1 is 1.59 bits per heavy atom. The highest BCUT2D eigenvalue weighted by molar-refractivity contribution is 7.80. The summed E-state index contributed by atoms with van der Waals surface area (Å²) in [5.41, 5.74) is 7.21. The number of anilines is 1. The molecule has 0 spiro atoms. The second kappa shape index (κ2) is 5.42. The molecule has 92 valence electrons. The van der Waals surface area contributed by atoms with Crippen molar-refractivity contribution in [2.75, 3.05) is 25.5 Å². The van der Waals surface area contributed by atoms with Crippen molar-refractivity contribution < 1.29 is 0 Å². The number of likely N-dealkylation sites (tertiary alicyclic amines) is 1. The van der Waals surface area contributed by atoms with Crippen molar-refractivity contribution >= 4 is 22.9 Å². The fourth-order valence-corrected chi connectivity index (χ4v) is 2.27. The summed E-state index contributed by atoms with van der Waals surface area (Å²) in [7, 11) is 2.15. The minimum atomic E-state index is 0.342. The standard InChI is InChI=1S/C12H18N4S/c1-16-6-2-3-10(8-16)15-9-4-5-11(12(13)17)14-7-9/h4-5,7,10,15H,2-3,6,8H2,1H3,(H2,13,17). The van der Waals surface area contributed by atoms with Crippen molar-refractivity contribution in [1.82, 2.24) is 9.88 Å². The molecule has 1 unspecified atom stereocenters. The van der Waals surface area contributed by atoms with Crippen LogP contribution in [0.4, 0.5) is 5.69 Å². The van der Waals surface area contributed by atoms with Gasteiger partial charge in [-0.3, -0.25) is 4.98 Å². The number of nitrogens with one attached hydrogen (secondary N) is 1. The zero-order valence-electron chi connectivity index (χ0n) is 10.0. The number of piperidine rings is 1. The van der Waals surface area contributed by atoms with Gasteiger partial charge in [-0.15, -0.1) is 0 Å². The molecular formula is C12H18N4S. The fraction of sp³-hybridized carbons (Fsp3) is 0.500. The largest absolute Gasteiger partial charge is 0.388 e. The van der Waals surface area contributed by atoms with E-state index in [4.69, 9.17) is 18.0 Å². The summed E-state index contributed by atoms with van der Waals surface area (Å²) >= 11 is 4.87. The zero-order chi connectivity index (χ0) is 12.3. The lowest BCUT2D eigenvalue weighted by atomic mass is 10.1. The average molecular weight is 250 g/mol. The van der Waals surface area contributed by atoms with Crippen LogP contribution < -0.4 is 11.1 Å². The highest BCUT2D eigenvalue weighted by Gasteiger charge is 2.16. The topological polar surface area (TPSA) is 54.2 Å². The van der Waals surface area contributed by atoms with Crippen molar-refractivity contribution in [2.24, 2.45) is 5.73 Å². The SMILES string of the molecule is CN1CCCC(Nc2ccc(C(N)=S)nc2)C1. The van der Waals surface area contributed by atoms with Crippen molar-refractivity contribution in [3.05, 3.63) is 24.0 Å². The molecule has 5 heteroatoms. The second-order valence-electron chi connectivity index (χ2n) is 4.54. The average Bonchev–Trinajstić information content (AvgIpc) is 2.29. The molecule has 0 saturated carbocycles. The molecule has 1 saturated heterocycles. The van der Waals surface area contributed by atoms with E-state index in [1.165, 1.54) is 19.4 Å². The Morgan fingerprint density at radius 2 is 2.41 bits per heavy atom. The van der Waals surface area contributed by atoms with Crippen molar-refractivity contribution in [3.8, 4) is 0 Å². The lowest BCUT2D eigenvalue weighted by Crippen LogP contribution is -2.39. The molecular weight excluding hydrogens is 232 g/mol. The van der Waals surface area contributed by atoms with Crippen LogP contribution in [0.1, 0.15) is 18.5 Å². The van der Waals surface area contributed by atoms with E-state index in [1.807, 2.05) is 12.1 Å². The third kappa shape index (κ3) is 3.38. The summed E-state index contributed by atoms with van der Waals surface area (Å²) < 4.78 is 0. The first kappa shape index (κ1) is 12.3. The second-order valence-corrected chi connectivity index (χ2v) is 4.98. The van der Waals surface area contributed by atoms with Gasteiger partial charge in [0.2, 0.25) is 0 Å². The van der Waals surface area contributed by atoms with Crippen LogP contribution in [0.2, 0.25) is 0 Å². The third-order valence-electron chi connectivity index (χ3n) is 3.01. The van der Waals surface area contributed by atoms with E-state index in [-0.39, 0.29) is 0 Å². The number of rotatable bonds is 3. The molecule has 0 aromatic carbocycles. The lowest BCUT2D eigenvalue weighted by Gasteiger charge is -2.30. The minimum Gasteiger partial charge on any atom is -0.388 e. The number of nitrogens with zero attached hydrogens (tertiary/aromatic N) is 2. The summed E-state index contributed by atoms with van der Waals surface area (Å²) in [5.74, 6) is 0. The predicted octanol–water partition coefficient (Wildman–Crippen LogP) is 1.22. The van der Waals surface area contributed by atoms with E-state index in [1.54, 1.807) is 6.20 Å². The first-order chi connectivity index (χ1) is 8.15. The van der Waals surface area contributed by atoms with Crippen LogP contribution in [0.25, 0.3) is 0 Å². The molecule has 1 aliphatic rings. The summed E-state index contributed by atoms with van der Waals surface area (Å²) in [6, 6.07) is 4.35. The molecule has 2 rings (SSSR count). The fourth-order valence-electron chi connectivity index (χ4n) is 2.14. The van der Waals surface area contributed by atoms with Gasteiger partial charge in [0.25, 0.3) is 0 Å². The molecule has 1 aliphatic heterocycles. The number of nitrogens with two attached hydrogens (primary N) is 1. The molecule has 0 aliphatic carbocycles. The summed E-state index contributed by atoms with van der Waals surface area (Å²) in [4.78, 5) is 6.91. The minimum absolute atomic E-state index is 0.342. The molecule has 0 radical (unpaired) electrons. The van der Waals surface area contributed by atoms with E-state index >= 15 is 0 Å². The van der Waals surface area contributed by atoms with E-state index in [0.717, 1.165) is 12.2 Å². The smallest absolute Gasteiger partial charge is 0.122 e. The van der Waals surface area contributed by atoms with E-state index in [9.17, 15) is 0 Å². The molecule has 3 N–H and O–H groups in total. The highest BCUT2D eigenvalue weighted by Crippen LogP contribution is 2.14. The maximum Gasteiger partial charge on any atom is 0.122 e. The first-order valence-corrected chi connectivity index (χ1v) is 6.27. The van der Waals surface area contributed by atoms with Crippen molar-refractivity contribution in [3.63, 3.8) is 0 Å². The number of thiocarbonyl (C=S) groups is 1. The molecule has 1 aromatic heterocycles. The van der Waals surface area contributed by atoms with Crippen LogP contribution in [-0.4, -0.2) is 41.1 Å². The van der Waals surface area contributed by atoms with Gasteiger partial charge in [0.1, 0.15) is 4.99 Å². The van der Waals surface area contributed by atoms with Gasteiger partial charge in [0.05, 0.1) is 17.6 Å². The van der Waals surface area contributed by atoms with E-state index < -0.39 is 0 Å². The number of pyridine rings is 1. The van der Waals surface area contributed by atoms with Gasteiger partial charge < -0.3 is 16.0 Å². The van der Waals surface area contributed by atoms with E-state index in [0.29, 0.717) is 16.7 Å². The molecule has 1 aromatic rings. The Kier molecular flexibility index (Phi) is 3.91. The first-order valence-electron chi connectivity index (χ1n) is 5.86. The number of hydrogen-bond acceptors (Lipinski definition) is 4. The Morgan fingerprint density at radius 3 is 3.00 bits per heavy atom.